The number of hydrogen-bond donors (Lipinski definition) is 1. The number of nitrogens with one attached hydrogen (secondary N) is 1. The van der Waals surface area contributed by atoms with Crippen molar-refractivity contribution in [2.45, 2.75) is 43.9 Å². The van der Waals surface area contributed by atoms with Crippen molar-refractivity contribution in [1.29, 1.82) is 0 Å². The van der Waals surface area contributed by atoms with E-state index in [4.69, 9.17) is 0 Å². The molecule has 0 saturated heterocycles. The summed E-state index contributed by atoms with van der Waals surface area (Å²) in [6.45, 7) is 8.14. The van der Waals surface area contributed by atoms with Crippen molar-refractivity contribution in [3.63, 3.8) is 0 Å². The third-order valence-corrected chi connectivity index (χ3v) is 5.01. The average molecular weight is 239 g/mol. The molecular weight excluding hydrogens is 218 g/mol. The van der Waals surface area contributed by atoms with E-state index in [0.717, 1.165) is 10.5 Å². The quantitative estimate of drug-likeness (QED) is 0.874. The maximum atomic E-state index is 12.4. The Kier molecular flexibility index (Phi) is 4.69. The summed E-state index contributed by atoms with van der Waals surface area (Å²) in [4.78, 5) is 0.967. The van der Waals surface area contributed by atoms with Gasteiger partial charge in [-0.25, -0.2) is 0 Å². The van der Waals surface area contributed by atoms with Gasteiger partial charge in [0.05, 0.1) is 16.0 Å². The van der Waals surface area contributed by atoms with Crippen LogP contribution in [0, 0.1) is 13.8 Å². The number of benzene rings is 1. The number of hydrogen-bond acceptors (Lipinski definition) is 2. The zero-order valence-corrected chi connectivity index (χ0v) is 11.5. The molecule has 0 spiro atoms. The first-order valence-corrected chi connectivity index (χ1v) is 6.83. The highest BCUT2D eigenvalue weighted by molar-refractivity contribution is 7.85. The van der Waals surface area contributed by atoms with E-state index in [1.165, 1.54) is 5.56 Å². The minimum atomic E-state index is -0.942. The van der Waals surface area contributed by atoms with E-state index >= 15 is 0 Å². The highest BCUT2D eigenvalue weighted by atomic mass is 32.2. The first-order valence-electron chi connectivity index (χ1n) is 5.62. The van der Waals surface area contributed by atoms with Crippen LogP contribution in [0.5, 0.6) is 0 Å². The summed E-state index contributed by atoms with van der Waals surface area (Å²) in [7, 11) is 0.962. The van der Waals surface area contributed by atoms with Crippen molar-refractivity contribution >= 4 is 10.8 Å². The maximum Gasteiger partial charge on any atom is 0.0576 e. The molecule has 0 fully saturated rings. The summed E-state index contributed by atoms with van der Waals surface area (Å²) in [5, 5.41) is 3.27. The van der Waals surface area contributed by atoms with Crippen LogP contribution in [0.25, 0.3) is 0 Å². The van der Waals surface area contributed by atoms with Crippen LogP contribution in [0.4, 0.5) is 0 Å². The topological polar surface area (TPSA) is 29.1 Å². The molecule has 3 unspecified atom stereocenters. The first-order chi connectivity index (χ1) is 7.47. The summed E-state index contributed by atoms with van der Waals surface area (Å²) < 4.78 is 12.4. The third kappa shape index (κ3) is 2.92. The Hall–Kier alpha value is -0.670. The van der Waals surface area contributed by atoms with Gasteiger partial charge in [0, 0.05) is 10.9 Å². The van der Waals surface area contributed by atoms with Crippen molar-refractivity contribution in [3.05, 3.63) is 29.3 Å². The Morgan fingerprint density at radius 2 is 1.88 bits per heavy atom. The molecule has 0 amide bonds. The van der Waals surface area contributed by atoms with Gasteiger partial charge in [-0.05, 0) is 51.9 Å². The van der Waals surface area contributed by atoms with Crippen molar-refractivity contribution in [2.75, 3.05) is 7.05 Å². The van der Waals surface area contributed by atoms with Crippen molar-refractivity contribution in [2.24, 2.45) is 0 Å². The van der Waals surface area contributed by atoms with Crippen LogP contribution in [0.15, 0.2) is 23.1 Å². The molecule has 0 radical (unpaired) electrons. The SMILES string of the molecule is CNC(C)C(C)S(=O)c1cc(C)ccc1C. The van der Waals surface area contributed by atoms with E-state index in [0.29, 0.717) is 0 Å². The molecule has 1 aromatic carbocycles. The smallest absolute Gasteiger partial charge is 0.0576 e. The number of rotatable bonds is 4. The monoisotopic (exact) mass is 239 g/mol. The largest absolute Gasteiger partial charge is 0.316 e. The second-order valence-electron chi connectivity index (χ2n) is 4.35. The summed E-state index contributed by atoms with van der Waals surface area (Å²) in [6, 6.07) is 6.38. The Morgan fingerprint density at radius 1 is 1.25 bits per heavy atom. The first kappa shape index (κ1) is 13.4. The van der Waals surface area contributed by atoms with Gasteiger partial charge in [0.25, 0.3) is 0 Å². The molecule has 3 heteroatoms. The van der Waals surface area contributed by atoms with Crippen LogP contribution in [-0.2, 0) is 10.8 Å². The minimum Gasteiger partial charge on any atom is -0.316 e. The molecule has 0 saturated carbocycles. The van der Waals surface area contributed by atoms with Crippen LogP contribution in [-0.4, -0.2) is 22.5 Å². The number of aryl methyl sites for hydroxylation is 2. The van der Waals surface area contributed by atoms with Gasteiger partial charge >= 0.3 is 0 Å². The molecular formula is C13H21NOS. The second-order valence-corrected chi connectivity index (χ2v) is 6.13. The fraction of sp³-hybridized carbons (Fsp3) is 0.538. The standard InChI is InChI=1S/C13H21NOS/c1-9-6-7-10(2)13(8-9)16(15)12(4)11(3)14-5/h6-8,11-12,14H,1-5H3. The highest BCUT2D eigenvalue weighted by Crippen LogP contribution is 2.19. The van der Waals surface area contributed by atoms with Crippen molar-refractivity contribution < 1.29 is 4.21 Å². The van der Waals surface area contributed by atoms with Crippen LogP contribution in [0.2, 0.25) is 0 Å². The lowest BCUT2D eigenvalue weighted by Crippen LogP contribution is -2.35. The van der Waals surface area contributed by atoms with Crippen LogP contribution in [0.3, 0.4) is 0 Å². The van der Waals surface area contributed by atoms with Gasteiger partial charge in [-0.15, -0.1) is 0 Å². The molecule has 3 atom stereocenters. The molecule has 16 heavy (non-hydrogen) atoms. The van der Waals surface area contributed by atoms with E-state index in [9.17, 15) is 4.21 Å². The van der Waals surface area contributed by atoms with Gasteiger partial charge in [0.1, 0.15) is 0 Å². The van der Waals surface area contributed by atoms with E-state index in [2.05, 4.69) is 18.3 Å². The lowest BCUT2D eigenvalue weighted by Gasteiger charge is -2.20. The van der Waals surface area contributed by atoms with Crippen LogP contribution >= 0.6 is 0 Å². The molecule has 0 bridgehead atoms. The molecule has 0 aliphatic heterocycles. The Labute approximate surface area is 101 Å². The van der Waals surface area contributed by atoms with E-state index < -0.39 is 10.8 Å². The van der Waals surface area contributed by atoms with Crippen molar-refractivity contribution in [3.8, 4) is 0 Å². The lowest BCUT2D eigenvalue weighted by molar-refractivity contribution is 0.583. The Balaban J connectivity index is 3.00. The summed E-state index contributed by atoms with van der Waals surface area (Å²) >= 11 is 0. The zero-order chi connectivity index (χ0) is 12.3. The second kappa shape index (κ2) is 5.60. The van der Waals surface area contributed by atoms with Gasteiger partial charge in [-0.3, -0.25) is 4.21 Å². The molecule has 1 N–H and O–H groups in total. The van der Waals surface area contributed by atoms with Gasteiger partial charge in [-0.2, -0.15) is 0 Å². The van der Waals surface area contributed by atoms with Gasteiger partial charge in [-0.1, -0.05) is 12.1 Å². The highest BCUT2D eigenvalue weighted by Gasteiger charge is 2.20. The molecule has 90 valence electrons. The molecule has 0 aliphatic rings. The maximum absolute atomic E-state index is 12.4. The Morgan fingerprint density at radius 3 is 2.44 bits per heavy atom. The molecule has 0 heterocycles. The van der Waals surface area contributed by atoms with Gasteiger partial charge in [0.15, 0.2) is 0 Å². The van der Waals surface area contributed by atoms with Gasteiger partial charge < -0.3 is 5.32 Å². The Bertz CT molecular complexity index is 390. The summed E-state index contributed by atoms with van der Waals surface area (Å²) in [6.07, 6.45) is 0. The van der Waals surface area contributed by atoms with E-state index in [-0.39, 0.29) is 11.3 Å². The fourth-order valence-electron chi connectivity index (χ4n) is 1.54. The molecule has 0 aromatic heterocycles. The molecule has 0 aliphatic carbocycles. The minimum absolute atomic E-state index is 0.116. The average Bonchev–Trinajstić information content (AvgIpc) is 2.29. The third-order valence-electron chi connectivity index (χ3n) is 3.06. The summed E-state index contributed by atoms with van der Waals surface area (Å²) in [5.41, 5.74) is 2.28. The summed E-state index contributed by atoms with van der Waals surface area (Å²) in [5.74, 6) is 0. The van der Waals surface area contributed by atoms with E-state index in [1.807, 2.05) is 40.0 Å². The van der Waals surface area contributed by atoms with E-state index in [1.54, 1.807) is 0 Å². The normalized spacial score (nSPS) is 16.8. The molecule has 2 nitrogen and oxygen atoms in total. The fourth-order valence-corrected chi connectivity index (χ4v) is 3.14. The van der Waals surface area contributed by atoms with Crippen molar-refractivity contribution in [1.82, 2.24) is 5.32 Å². The molecule has 1 aromatic rings. The predicted octanol–water partition coefficient (Wildman–Crippen LogP) is 2.41. The zero-order valence-electron chi connectivity index (χ0n) is 10.7. The lowest BCUT2D eigenvalue weighted by atomic mass is 10.2. The predicted molar refractivity (Wildman–Crippen MR) is 70.3 cm³/mol. The molecule has 1 rings (SSSR count). The van der Waals surface area contributed by atoms with Crippen LogP contribution in [0.1, 0.15) is 25.0 Å². The van der Waals surface area contributed by atoms with Crippen LogP contribution < -0.4 is 5.32 Å². The van der Waals surface area contributed by atoms with Gasteiger partial charge in [0.2, 0.25) is 0 Å².